The molecule has 1 aromatic heterocycles. The second-order valence-electron chi connectivity index (χ2n) is 3.57. The van der Waals surface area contributed by atoms with E-state index in [0.29, 0.717) is 29.9 Å². The number of aliphatic carboxylic acids is 1. The van der Waals surface area contributed by atoms with Crippen LogP contribution in [0.15, 0.2) is 6.20 Å². The maximum atomic E-state index is 10.4. The van der Waals surface area contributed by atoms with Crippen LogP contribution in [-0.2, 0) is 24.1 Å². The number of carboxylic acids is 1. The van der Waals surface area contributed by atoms with Gasteiger partial charge in [0.2, 0.25) is 0 Å². The molecule has 18 heavy (non-hydrogen) atoms. The Bertz CT molecular complexity index is 387. The Morgan fingerprint density at radius 1 is 1.17 bits per heavy atom. The van der Waals surface area contributed by atoms with Gasteiger partial charge in [-0.2, -0.15) is 0 Å². The molecule has 0 radical (unpaired) electrons. The van der Waals surface area contributed by atoms with E-state index < -0.39 is 5.97 Å². The average molecular weight is 262 g/mol. The van der Waals surface area contributed by atoms with Crippen molar-refractivity contribution in [3.8, 4) is 0 Å². The summed E-state index contributed by atoms with van der Waals surface area (Å²) >= 11 is 0. The van der Waals surface area contributed by atoms with Crippen LogP contribution in [0.25, 0.3) is 0 Å². The summed E-state index contributed by atoms with van der Waals surface area (Å²) < 4.78 is 0. The smallest absolute Gasteiger partial charge is 0.550 e. The minimum absolute atomic E-state index is 0. The molecule has 6 nitrogen and oxygen atoms in total. The van der Waals surface area contributed by atoms with Gasteiger partial charge in [-0.15, -0.1) is 0 Å². The molecule has 0 aliphatic carbocycles. The van der Waals surface area contributed by atoms with Crippen molar-refractivity contribution in [2.75, 3.05) is 13.2 Å². The van der Waals surface area contributed by atoms with Crippen LogP contribution < -0.4 is 34.7 Å². The summed E-state index contributed by atoms with van der Waals surface area (Å²) in [7, 11) is 0. The SMILES string of the molecule is O=C([O-])CCc1nc(CCO)cnc1CCO.[Na+]. The third kappa shape index (κ3) is 5.88. The molecule has 1 heterocycles. The van der Waals surface area contributed by atoms with Gasteiger partial charge in [0.1, 0.15) is 0 Å². The maximum Gasteiger partial charge on any atom is 1.00 e. The van der Waals surface area contributed by atoms with Crippen LogP contribution >= 0.6 is 0 Å². The monoisotopic (exact) mass is 262 g/mol. The standard InChI is InChI=1S/C11H16N2O4.Na/c14-5-3-8-7-12-9(4-6-15)10(13-8)1-2-11(16)17;/h7,14-15H,1-6H2,(H,16,17);/q;+1/p-1. The van der Waals surface area contributed by atoms with E-state index in [4.69, 9.17) is 10.2 Å². The van der Waals surface area contributed by atoms with E-state index in [-0.39, 0.29) is 55.6 Å². The number of hydrogen-bond acceptors (Lipinski definition) is 6. The summed E-state index contributed by atoms with van der Waals surface area (Å²) in [6, 6.07) is 0. The topological polar surface area (TPSA) is 106 Å². The first kappa shape index (κ1) is 17.5. The summed E-state index contributed by atoms with van der Waals surface area (Å²) in [6.45, 7) is -0.0969. The van der Waals surface area contributed by atoms with E-state index in [1.807, 2.05) is 0 Å². The number of nitrogens with zero attached hydrogens (tertiary/aromatic N) is 2. The summed E-state index contributed by atoms with van der Waals surface area (Å²) in [5, 5.41) is 28.1. The molecule has 2 N–H and O–H groups in total. The number of hydrogen-bond donors (Lipinski definition) is 2. The van der Waals surface area contributed by atoms with E-state index in [9.17, 15) is 9.90 Å². The fraction of sp³-hybridized carbons (Fsp3) is 0.545. The van der Waals surface area contributed by atoms with E-state index in [0.717, 1.165) is 0 Å². The zero-order valence-electron chi connectivity index (χ0n) is 10.4. The number of aromatic nitrogens is 2. The molecular formula is C11H15N2NaO4. The Morgan fingerprint density at radius 3 is 2.39 bits per heavy atom. The van der Waals surface area contributed by atoms with Crippen LogP contribution in [-0.4, -0.2) is 39.4 Å². The third-order valence-corrected chi connectivity index (χ3v) is 2.26. The van der Waals surface area contributed by atoms with Crippen molar-refractivity contribution in [2.24, 2.45) is 0 Å². The fourth-order valence-corrected chi connectivity index (χ4v) is 1.46. The molecule has 0 atom stereocenters. The van der Waals surface area contributed by atoms with Gasteiger partial charge in [0.05, 0.1) is 17.1 Å². The molecule has 0 aromatic carbocycles. The molecular weight excluding hydrogens is 247 g/mol. The number of aliphatic hydroxyl groups excluding tert-OH is 2. The normalized spacial score (nSPS) is 9.89. The van der Waals surface area contributed by atoms with Crippen LogP contribution in [0.1, 0.15) is 23.5 Å². The van der Waals surface area contributed by atoms with E-state index in [2.05, 4.69) is 9.97 Å². The average Bonchev–Trinajstić information content (AvgIpc) is 2.29. The Kier molecular flexibility index (Phi) is 9.13. The number of carbonyl (C=O) groups is 1. The summed E-state index contributed by atoms with van der Waals surface area (Å²) in [4.78, 5) is 18.8. The van der Waals surface area contributed by atoms with E-state index >= 15 is 0 Å². The van der Waals surface area contributed by atoms with Crippen molar-refractivity contribution in [3.05, 3.63) is 23.3 Å². The second kappa shape index (κ2) is 9.41. The molecule has 0 spiro atoms. The molecule has 0 fully saturated rings. The van der Waals surface area contributed by atoms with Gasteiger partial charge < -0.3 is 20.1 Å². The van der Waals surface area contributed by atoms with E-state index in [1.54, 1.807) is 0 Å². The number of carbonyl (C=O) groups excluding carboxylic acids is 1. The summed E-state index contributed by atoms with van der Waals surface area (Å²) in [6.07, 6.45) is 2.35. The molecule has 1 aromatic rings. The molecule has 7 heteroatoms. The van der Waals surface area contributed by atoms with Crippen LogP contribution in [0, 0.1) is 0 Å². The Balaban J connectivity index is 0.00000289. The van der Waals surface area contributed by atoms with Crippen molar-refractivity contribution in [3.63, 3.8) is 0 Å². The number of aliphatic hydroxyl groups is 2. The first-order valence-corrected chi connectivity index (χ1v) is 5.42. The van der Waals surface area contributed by atoms with Crippen LogP contribution in [0.4, 0.5) is 0 Å². The van der Waals surface area contributed by atoms with Gasteiger partial charge in [-0.25, -0.2) is 0 Å². The van der Waals surface area contributed by atoms with Crippen molar-refractivity contribution >= 4 is 5.97 Å². The zero-order chi connectivity index (χ0) is 12.7. The Morgan fingerprint density at radius 2 is 1.83 bits per heavy atom. The van der Waals surface area contributed by atoms with Gasteiger partial charge in [0.25, 0.3) is 0 Å². The maximum absolute atomic E-state index is 10.4. The molecule has 0 unspecified atom stereocenters. The van der Waals surface area contributed by atoms with Crippen molar-refractivity contribution in [1.82, 2.24) is 9.97 Å². The van der Waals surface area contributed by atoms with Crippen molar-refractivity contribution in [2.45, 2.75) is 25.7 Å². The summed E-state index contributed by atoms with van der Waals surface area (Å²) in [5.41, 5.74) is 1.76. The number of carboxylic acid groups (broad SMARTS) is 1. The minimum atomic E-state index is -1.14. The van der Waals surface area contributed by atoms with Gasteiger partial charge in [-0.05, 0) is 12.8 Å². The van der Waals surface area contributed by atoms with Gasteiger partial charge in [-0.3, -0.25) is 9.97 Å². The first-order valence-electron chi connectivity index (χ1n) is 5.42. The van der Waals surface area contributed by atoms with Crippen LogP contribution in [0.3, 0.4) is 0 Å². The Labute approximate surface area is 127 Å². The van der Waals surface area contributed by atoms with Crippen LogP contribution in [0.5, 0.6) is 0 Å². The van der Waals surface area contributed by atoms with Gasteiger partial charge >= 0.3 is 29.6 Å². The molecule has 0 amide bonds. The summed E-state index contributed by atoms with van der Waals surface area (Å²) in [5.74, 6) is -1.14. The quantitative estimate of drug-likeness (QED) is 0.478. The molecule has 0 aliphatic heterocycles. The zero-order valence-corrected chi connectivity index (χ0v) is 12.4. The van der Waals surface area contributed by atoms with Crippen molar-refractivity contribution < 1.29 is 49.7 Å². The minimum Gasteiger partial charge on any atom is -0.550 e. The molecule has 94 valence electrons. The molecule has 1 rings (SSSR count). The van der Waals surface area contributed by atoms with Gasteiger partial charge in [0, 0.05) is 38.2 Å². The molecule has 0 bridgehead atoms. The van der Waals surface area contributed by atoms with Gasteiger partial charge in [-0.1, -0.05) is 0 Å². The second-order valence-corrected chi connectivity index (χ2v) is 3.57. The first-order chi connectivity index (χ1) is 8.17. The number of aryl methyl sites for hydroxylation is 1. The van der Waals surface area contributed by atoms with Crippen molar-refractivity contribution in [1.29, 1.82) is 0 Å². The molecule has 0 saturated carbocycles. The third-order valence-electron chi connectivity index (χ3n) is 2.26. The predicted molar refractivity (Wildman–Crippen MR) is 56.9 cm³/mol. The largest absolute Gasteiger partial charge is 1.00 e. The molecule has 0 saturated heterocycles. The molecule has 0 aliphatic rings. The van der Waals surface area contributed by atoms with Crippen LogP contribution in [0.2, 0.25) is 0 Å². The fourth-order valence-electron chi connectivity index (χ4n) is 1.46. The predicted octanol–water partition coefficient (Wildman–Crippen LogP) is -4.77. The van der Waals surface area contributed by atoms with E-state index in [1.165, 1.54) is 6.20 Å². The number of rotatable bonds is 7. The van der Waals surface area contributed by atoms with Gasteiger partial charge in [0.15, 0.2) is 0 Å². The Hall–Kier alpha value is -0.530.